The molecule has 2 aliphatic rings. The molecule has 0 spiro atoms. The van der Waals surface area contributed by atoms with Crippen molar-refractivity contribution in [3.8, 4) is 5.75 Å². The van der Waals surface area contributed by atoms with E-state index >= 15 is 0 Å². The average Bonchev–Trinajstić information content (AvgIpc) is 3.12. The highest BCUT2D eigenvalue weighted by atomic mass is 16.5. The molecular formula is C20H30N2O3. The number of methoxy groups -OCH3 is 1. The number of hydrogen-bond acceptors (Lipinski definition) is 4. The monoisotopic (exact) mass is 346 g/mol. The van der Waals surface area contributed by atoms with Gasteiger partial charge in [-0.2, -0.15) is 0 Å². The Labute approximate surface area is 150 Å². The van der Waals surface area contributed by atoms with Crippen molar-refractivity contribution in [2.45, 2.75) is 38.1 Å². The van der Waals surface area contributed by atoms with E-state index in [9.17, 15) is 4.79 Å². The number of rotatable bonds is 6. The minimum Gasteiger partial charge on any atom is -0.497 e. The molecule has 138 valence electrons. The molecule has 1 atom stereocenters. The Kier molecular flexibility index (Phi) is 5.97. The zero-order chi connectivity index (χ0) is 17.7. The zero-order valence-electron chi connectivity index (χ0n) is 15.4. The molecule has 3 rings (SSSR count). The van der Waals surface area contributed by atoms with Crippen LogP contribution >= 0.6 is 0 Å². The summed E-state index contributed by atoms with van der Waals surface area (Å²) in [5.74, 6) is 0.988. The summed E-state index contributed by atoms with van der Waals surface area (Å²) in [6, 6.07) is 8.16. The lowest BCUT2D eigenvalue weighted by Gasteiger charge is -2.34. The molecule has 0 radical (unpaired) electrons. The summed E-state index contributed by atoms with van der Waals surface area (Å²) in [4.78, 5) is 15.2. The van der Waals surface area contributed by atoms with Crippen LogP contribution in [0, 0.1) is 5.92 Å². The van der Waals surface area contributed by atoms with Crippen LogP contribution in [0.15, 0.2) is 24.3 Å². The summed E-state index contributed by atoms with van der Waals surface area (Å²) in [5, 5.41) is 3.40. The third-order valence-electron chi connectivity index (χ3n) is 5.55. The van der Waals surface area contributed by atoms with E-state index < -0.39 is 0 Å². The lowest BCUT2D eigenvalue weighted by Crippen LogP contribution is -2.49. The molecular weight excluding hydrogens is 316 g/mol. The Bertz CT molecular complexity index is 561. The third kappa shape index (κ3) is 4.33. The van der Waals surface area contributed by atoms with Crippen LogP contribution in [0.1, 0.15) is 38.2 Å². The number of nitrogens with zero attached hydrogens (tertiary/aromatic N) is 1. The Hall–Kier alpha value is -1.59. The molecule has 1 N–H and O–H groups in total. The maximum atomic E-state index is 12.9. The summed E-state index contributed by atoms with van der Waals surface area (Å²) in [6.45, 7) is 6.20. The van der Waals surface area contributed by atoms with Gasteiger partial charge in [-0.1, -0.05) is 31.9 Å². The molecule has 1 aromatic carbocycles. The van der Waals surface area contributed by atoms with Gasteiger partial charge in [0.1, 0.15) is 5.75 Å². The van der Waals surface area contributed by atoms with Gasteiger partial charge in [0.15, 0.2) is 0 Å². The first-order chi connectivity index (χ1) is 12.1. The van der Waals surface area contributed by atoms with Gasteiger partial charge in [-0.05, 0) is 30.5 Å². The van der Waals surface area contributed by atoms with Crippen LogP contribution in [0.25, 0.3) is 0 Å². The molecule has 0 aromatic heterocycles. The van der Waals surface area contributed by atoms with Gasteiger partial charge < -0.3 is 14.8 Å². The highest BCUT2D eigenvalue weighted by Gasteiger charge is 2.38. The van der Waals surface area contributed by atoms with Crippen LogP contribution in [-0.2, 0) is 15.1 Å². The Morgan fingerprint density at radius 3 is 2.48 bits per heavy atom. The molecule has 2 fully saturated rings. The van der Waals surface area contributed by atoms with Crippen molar-refractivity contribution in [2.75, 3.05) is 40.0 Å². The second-order valence-electron chi connectivity index (χ2n) is 7.32. The number of nitrogens with one attached hydrogen (secondary N) is 1. The highest BCUT2D eigenvalue weighted by Crippen LogP contribution is 2.39. The van der Waals surface area contributed by atoms with Gasteiger partial charge in [0.25, 0.3) is 0 Å². The second kappa shape index (κ2) is 8.19. The van der Waals surface area contributed by atoms with E-state index in [1.165, 1.54) is 5.56 Å². The molecule has 1 saturated heterocycles. The van der Waals surface area contributed by atoms with Gasteiger partial charge in [-0.25, -0.2) is 0 Å². The van der Waals surface area contributed by atoms with E-state index in [2.05, 4.69) is 22.3 Å². The number of carbonyl (C=O) groups excluding carboxylic acids is 1. The molecule has 1 aliphatic heterocycles. The van der Waals surface area contributed by atoms with Gasteiger partial charge in [0.2, 0.25) is 5.91 Å². The number of amides is 1. The van der Waals surface area contributed by atoms with Crippen molar-refractivity contribution in [1.82, 2.24) is 10.2 Å². The lowest BCUT2D eigenvalue weighted by molar-refractivity contribution is -0.127. The van der Waals surface area contributed by atoms with Crippen molar-refractivity contribution >= 4 is 5.91 Å². The molecule has 25 heavy (non-hydrogen) atoms. The Morgan fingerprint density at radius 2 is 1.88 bits per heavy atom. The van der Waals surface area contributed by atoms with Crippen molar-refractivity contribution in [3.63, 3.8) is 0 Å². The quantitative estimate of drug-likeness (QED) is 0.860. The van der Waals surface area contributed by atoms with Crippen LogP contribution < -0.4 is 10.1 Å². The SMILES string of the molecule is COc1ccc(C2(NC(=O)C(C)CN3CCOCC3)CCCC2)cc1. The first-order valence-electron chi connectivity index (χ1n) is 9.40. The van der Waals surface area contributed by atoms with Gasteiger partial charge in [-0.15, -0.1) is 0 Å². The van der Waals surface area contributed by atoms with Gasteiger partial charge in [0.05, 0.1) is 25.9 Å². The van der Waals surface area contributed by atoms with Crippen molar-refractivity contribution in [2.24, 2.45) is 5.92 Å². The number of carbonyl (C=O) groups is 1. The zero-order valence-corrected chi connectivity index (χ0v) is 15.4. The molecule has 1 unspecified atom stereocenters. The van der Waals surface area contributed by atoms with Gasteiger partial charge >= 0.3 is 0 Å². The predicted molar refractivity (Wildman–Crippen MR) is 97.7 cm³/mol. The first-order valence-corrected chi connectivity index (χ1v) is 9.40. The summed E-state index contributed by atoms with van der Waals surface area (Å²) >= 11 is 0. The van der Waals surface area contributed by atoms with Crippen LogP contribution in [0.4, 0.5) is 0 Å². The van der Waals surface area contributed by atoms with Crippen LogP contribution in [0.2, 0.25) is 0 Å². The van der Waals surface area contributed by atoms with Gasteiger partial charge in [0, 0.05) is 25.6 Å². The predicted octanol–water partition coefficient (Wildman–Crippen LogP) is 2.55. The number of ether oxygens (including phenoxy) is 2. The summed E-state index contributed by atoms with van der Waals surface area (Å²) < 4.78 is 10.7. The Balaban J connectivity index is 1.66. The lowest BCUT2D eigenvalue weighted by atomic mass is 9.87. The van der Waals surface area contributed by atoms with E-state index in [0.717, 1.165) is 64.3 Å². The molecule has 1 saturated carbocycles. The van der Waals surface area contributed by atoms with E-state index in [0.29, 0.717) is 0 Å². The van der Waals surface area contributed by atoms with Crippen molar-refractivity contribution < 1.29 is 14.3 Å². The van der Waals surface area contributed by atoms with Crippen LogP contribution in [0.3, 0.4) is 0 Å². The van der Waals surface area contributed by atoms with E-state index in [4.69, 9.17) is 9.47 Å². The third-order valence-corrected chi connectivity index (χ3v) is 5.55. The van der Waals surface area contributed by atoms with Crippen LogP contribution in [0.5, 0.6) is 5.75 Å². The summed E-state index contributed by atoms with van der Waals surface area (Å²) in [5.41, 5.74) is 0.973. The maximum absolute atomic E-state index is 12.9. The first kappa shape index (κ1) is 18.2. The molecule has 0 bridgehead atoms. The minimum atomic E-state index is -0.220. The fourth-order valence-electron chi connectivity index (χ4n) is 3.99. The largest absolute Gasteiger partial charge is 0.497 e. The highest BCUT2D eigenvalue weighted by molar-refractivity contribution is 5.79. The smallest absolute Gasteiger partial charge is 0.224 e. The topological polar surface area (TPSA) is 50.8 Å². The van der Waals surface area contributed by atoms with Crippen molar-refractivity contribution in [3.05, 3.63) is 29.8 Å². The minimum absolute atomic E-state index is 0.0196. The molecule has 1 aliphatic carbocycles. The fourth-order valence-corrected chi connectivity index (χ4v) is 3.99. The normalized spacial score (nSPS) is 21.7. The second-order valence-corrected chi connectivity index (χ2v) is 7.32. The molecule has 1 heterocycles. The van der Waals surface area contributed by atoms with Crippen molar-refractivity contribution in [1.29, 1.82) is 0 Å². The molecule has 5 heteroatoms. The number of morpholine rings is 1. The van der Waals surface area contributed by atoms with Gasteiger partial charge in [-0.3, -0.25) is 9.69 Å². The van der Waals surface area contributed by atoms with Crippen LogP contribution in [-0.4, -0.2) is 50.8 Å². The van der Waals surface area contributed by atoms with E-state index in [1.54, 1.807) is 7.11 Å². The Morgan fingerprint density at radius 1 is 1.24 bits per heavy atom. The standard InChI is InChI=1S/C20H30N2O3/c1-16(15-22-11-13-25-14-12-22)19(23)21-20(9-3-4-10-20)17-5-7-18(24-2)8-6-17/h5-8,16H,3-4,9-15H2,1-2H3,(H,21,23). The summed E-state index contributed by atoms with van der Waals surface area (Å²) in [6.07, 6.45) is 4.33. The molecule has 1 amide bonds. The number of benzene rings is 1. The van der Waals surface area contributed by atoms with E-state index in [-0.39, 0.29) is 17.4 Å². The summed E-state index contributed by atoms with van der Waals surface area (Å²) in [7, 11) is 1.68. The maximum Gasteiger partial charge on any atom is 0.224 e. The molecule has 5 nitrogen and oxygen atoms in total. The number of hydrogen-bond donors (Lipinski definition) is 1. The van der Waals surface area contributed by atoms with E-state index in [1.807, 2.05) is 19.1 Å². The fraction of sp³-hybridized carbons (Fsp3) is 0.650. The average molecular weight is 346 g/mol. The molecule has 1 aromatic rings.